The minimum absolute atomic E-state index is 0.574. The van der Waals surface area contributed by atoms with Crippen LogP contribution in [-0.2, 0) is 0 Å². The van der Waals surface area contributed by atoms with Gasteiger partial charge >= 0.3 is 0 Å². The molecular weight excluding hydrogens is 372 g/mol. The zero-order valence-electron chi connectivity index (χ0n) is 15.9. The number of pyridine rings is 3. The lowest BCUT2D eigenvalue weighted by atomic mass is 10.0. The van der Waals surface area contributed by atoms with Crippen LogP contribution in [0.1, 0.15) is 0 Å². The molecule has 4 heterocycles. The van der Waals surface area contributed by atoms with Crippen molar-refractivity contribution in [3.05, 3.63) is 97.8 Å². The molecule has 0 aliphatic carbocycles. The quantitative estimate of drug-likeness (QED) is 0.443. The molecule has 0 spiro atoms. The summed E-state index contributed by atoms with van der Waals surface area (Å²) in [5, 5.41) is 0. The van der Waals surface area contributed by atoms with Gasteiger partial charge in [-0.05, 0) is 47.5 Å². The molecule has 0 saturated carbocycles. The third-order valence-corrected chi connectivity index (χ3v) is 4.63. The SMILES string of the molecule is c1cncc(-c2nc(-c3ccc(-c4ccncc4)cc3)nc(-c3cccnc3)n2)c1. The maximum atomic E-state index is 4.71. The lowest BCUT2D eigenvalue weighted by Crippen LogP contribution is -2.00. The summed E-state index contributed by atoms with van der Waals surface area (Å²) in [4.78, 5) is 26.5. The summed E-state index contributed by atoms with van der Waals surface area (Å²) in [5.41, 5.74) is 4.79. The minimum Gasteiger partial charge on any atom is -0.265 e. The first kappa shape index (κ1) is 17.8. The van der Waals surface area contributed by atoms with Crippen molar-refractivity contribution < 1.29 is 0 Å². The van der Waals surface area contributed by atoms with Crippen molar-refractivity contribution in [2.45, 2.75) is 0 Å². The second kappa shape index (κ2) is 7.97. The fraction of sp³-hybridized carbons (Fsp3) is 0. The van der Waals surface area contributed by atoms with Gasteiger partial charge in [0.1, 0.15) is 0 Å². The second-order valence-corrected chi connectivity index (χ2v) is 6.60. The lowest BCUT2D eigenvalue weighted by molar-refractivity contribution is 1.07. The Morgan fingerprint density at radius 1 is 0.367 bits per heavy atom. The molecule has 0 unspecified atom stereocenters. The average Bonchev–Trinajstić information content (AvgIpc) is 2.85. The number of nitrogens with zero attached hydrogens (tertiary/aromatic N) is 6. The van der Waals surface area contributed by atoms with Crippen molar-refractivity contribution in [3.63, 3.8) is 0 Å². The van der Waals surface area contributed by atoms with Gasteiger partial charge in [0.2, 0.25) is 0 Å². The predicted octanol–water partition coefficient (Wildman–Crippen LogP) is 4.72. The summed E-state index contributed by atoms with van der Waals surface area (Å²) in [6.07, 6.45) is 10.5. The molecule has 0 N–H and O–H groups in total. The van der Waals surface area contributed by atoms with Gasteiger partial charge in [-0.15, -0.1) is 0 Å². The van der Waals surface area contributed by atoms with Gasteiger partial charge in [0.25, 0.3) is 0 Å². The van der Waals surface area contributed by atoms with E-state index in [2.05, 4.69) is 32.1 Å². The smallest absolute Gasteiger partial charge is 0.165 e. The van der Waals surface area contributed by atoms with Crippen molar-refractivity contribution in [2.24, 2.45) is 0 Å². The van der Waals surface area contributed by atoms with Crippen molar-refractivity contribution >= 4 is 0 Å². The van der Waals surface area contributed by atoms with Crippen LogP contribution in [-0.4, -0.2) is 29.9 Å². The fourth-order valence-electron chi connectivity index (χ4n) is 3.11. The van der Waals surface area contributed by atoms with Gasteiger partial charge in [0, 0.05) is 53.9 Å². The Labute approximate surface area is 173 Å². The summed E-state index contributed by atoms with van der Waals surface area (Å²) in [7, 11) is 0. The normalized spacial score (nSPS) is 10.7. The number of rotatable bonds is 4. The highest BCUT2D eigenvalue weighted by Crippen LogP contribution is 2.26. The lowest BCUT2D eigenvalue weighted by Gasteiger charge is -2.08. The predicted molar refractivity (Wildman–Crippen MR) is 115 cm³/mol. The molecule has 1 aromatic carbocycles. The Balaban J connectivity index is 1.60. The zero-order chi connectivity index (χ0) is 20.2. The summed E-state index contributed by atoms with van der Waals surface area (Å²) in [6, 6.07) is 19.7. The van der Waals surface area contributed by atoms with Crippen LogP contribution < -0.4 is 0 Å². The Morgan fingerprint density at radius 2 is 0.833 bits per heavy atom. The van der Waals surface area contributed by atoms with E-state index < -0.39 is 0 Å². The van der Waals surface area contributed by atoms with E-state index in [1.165, 1.54) is 0 Å². The monoisotopic (exact) mass is 388 g/mol. The third kappa shape index (κ3) is 3.66. The molecule has 5 rings (SSSR count). The van der Waals surface area contributed by atoms with Crippen LogP contribution in [0.15, 0.2) is 97.8 Å². The molecule has 30 heavy (non-hydrogen) atoms. The number of hydrogen-bond donors (Lipinski definition) is 0. The first-order valence-corrected chi connectivity index (χ1v) is 9.44. The highest BCUT2D eigenvalue weighted by Gasteiger charge is 2.12. The standard InChI is InChI=1S/C24H16N6/c1-3-20(15-26-11-1)23-28-22(29-24(30-23)21-4-2-12-27-16-21)19-7-5-17(6-8-19)18-9-13-25-14-10-18/h1-16H. The topological polar surface area (TPSA) is 77.3 Å². The number of aromatic nitrogens is 6. The second-order valence-electron chi connectivity index (χ2n) is 6.60. The Hall–Kier alpha value is -4.32. The average molecular weight is 388 g/mol. The Morgan fingerprint density at radius 3 is 1.33 bits per heavy atom. The van der Waals surface area contributed by atoms with E-state index in [0.717, 1.165) is 27.8 Å². The van der Waals surface area contributed by atoms with Gasteiger partial charge in [0.15, 0.2) is 17.5 Å². The molecule has 4 aromatic heterocycles. The van der Waals surface area contributed by atoms with Crippen molar-refractivity contribution in [1.82, 2.24) is 29.9 Å². The maximum absolute atomic E-state index is 4.71. The molecule has 0 atom stereocenters. The van der Waals surface area contributed by atoms with Crippen molar-refractivity contribution in [3.8, 4) is 45.3 Å². The van der Waals surface area contributed by atoms with Crippen LogP contribution in [0.2, 0.25) is 0 Å². The molecular formula is C24H16N6. The summed E-state index contributed by atoms with van der Waals surface area (Å²) < 4.78 is 0. The van der Waals surface area contributed by atoms with E-state index in [9.17, 15) is 0 Å². The largest absolute Gasteiger partial charge is 0.265 e. The molecule has 0 saturated heterocycles. The molecule has 6 nitrogen and oxygen atoms in total. The van der Waals surface area contributed by atoms with E-state index in [1.807, 2.05) is 48.5 Å². The van der Waals surface area contributed by atoms with E-state index >= 15 is 0 Å². The highest BCUT2D eigenvalue weighted by molar-refractivity contribution is 5.69. The zero-order valence-corrected chi connectivity index (χ0v) is 15.9. The van der Waals surface area contributed by atoms with Crippen LogP contribution in [0.3, 0.4) is 0 Å². The van der Waals surface area contributed by atoms with Gasteiger partial charge in [-0.3, -0.25) is 15.0 Å². The van der Waals surface area contributed by atoms with Gasteiger partial charge in [-0.25, -0.2) is 15.0 Å². The molecule has 0 amide bonds. The van der Waals surface area contributed by atoms with Crippen molar-refractivity contribution in [1.29, 1.82) is 0 Å². The molecule has 0 fully saturated rings. The minimum atomic E-state index is 0.574. The highest BCUT2D eigenvalue weighted by atomic mass is 15.0. The Kier molecular flexibility index (Phi) is 4.72. The molecule has 0 radical (unpaired) electrons. The molecule has 6 heteroatoms. The van der Waals surface area contributed by atoms with E-state index in [0.29, 0.717) is 17.5 Å². The van der Waals surface area contributed by atoms with E-state index in [1.54, 1.807) is 37.2 Å². The van der Waals surface area contributed by atoms with E-state index in [-0.39, 0.29) is 0 Å². The maximum Gasteiger partial charge on any atom is 0.165 e. The van der Waals surface area contributed by atoms with Gasteiger partial charge in [0.05, 0.1) is 0 Å². The van der Waals surface area contributed by atoms with Gasteiger partial charge in [-0.1, -0.05) is 24.3 Å². The third-order valence-electron chi connectivity index (χ3n) is 4.63. The molecule has 5 aromatic rings. The first-order chi connectivity index (χ1) is 14.9. The van der Waals surface area contributed by atoms with Crippen LogP contribution in [0.25, 0.3) is 45.3 Å². The fourth-order valence-corrected chi connectivity index (χ4v) is 3.11. The molecule has 0 bridgehead atoms. The number of benzene rings is 1. The van der Waals surface area contributed by atoms with Crippen molar-refractivity contribution in [2.75, 3.05) is 0 Å². The Bertz CT molecular complexity index is 1200. The molecule has 142 valence electrons. The molecule has 0 aliphatic heterocycles. The summed E-state index contributed by atoms with van der Waals surface area (Å²) in [5.74, 6) is 1.75. The van der Waals surface area contributed by atoms with Crippen LogP contribution in [0, 0.1) is 0 Å². The van der Waals surface area contributed by atoms with Gasteiger partial charge < -0.3 is 0 Å². The van der Waals surface area contributed by atoms with Crippen LogP contribution in [0.4, 0.5) is 0 Å². The number of hydrogen-bond acceptors (Lipinski definition) is 6. The van der Waals surface area contributed by atoms with Gasteiger partial charge in [-0.2, -0.15) is 0 Å². The first-order valence-electron chi connectivity index (χ1n) is 9.44. The van der Waals surface area contributed by atoms with Crippen LogP contribution in [0.5, 0.6) is 0 Å². The van der Waals surface area contributed by atoms with Crippen LogP contribution >= 0.6 is 0 Å². The summed E-state index contributed by atoms with van der Waals surface area (Å²) in [6.45, 7) is 0. The molecule has 0 aliphatic rings. The van der Waals surface area contributed by atoms with E-state index in [4.69, 9.17) is 9.97 Å². The summed E-state index contributed by atoms with van der Waals surface area (Å²) >= 11 is 0.